The molecule has 0 radical (unpaired) electrons. The van der Waals surface area contributed by atoms with Gasteiger partial charge in [-0.15, -0.1) is 11.3 Å². The van der Waals surface area contributed by atoms with Crippen LogP contribution in [0.4, 0.5) is 4.39 Å². The highest BCUT2D eigenvalue weighted by atomic mass is 32.1. The Labute approximate surface area is 148 Å². The number of carboxylic acid groups (broad SMARTS) is 1. The van der Waals surface area contributed by atoms with Gasteiger partial charge in [-0.3, -0.25) is 9.59 Å². The highest BCUT2D eigenvalue weighted by Gasteiger charge is 2.59. The topological polar surface area (TPSA) is 57.6 Å². The number of nitrogens with zero attached hydrogens (tertiary/aromatic N) is 1. The van der Waals surface area contributed by atoms with E-state index in [1.54, 1.807) is 12.1 Å². The lowest BCUT2D eigenvalue weighted by Crippen LogP contribution is -2.39. The number of benzene rings is 1. The molecule has 0 bridgehead atoms. The second kappa shape index (κ2) is 5.95. The monoisotopic (exact) mass is 359 g/mol. The summed E-state index contributed by atoms with van der Waals surface area (Å²) < 4.78 is 13.0. The van der Waals surface area contributed by atoms with Crippen LogP contribution in [0.15, 0.2) is 36.4 Å². The van der Waals surface area contributed by atoms with Crippen LogP contribution in [0.5, 0.6) is 0 Å². The van der Waals surface area contributed by atoms with Gasteiger partial charge >= 0.3 is 5.97 Å². The van der Waals surface area contributed by atoms with Crippen molar-refractivity contribution in [3.63, 3.8) is 0 Å². The molecule has 1 aliphatic heterocycles. The van der Waals surface area contributed by atoms with Crippen LogP contribution < -0.4 is 0 Å². The zero-order valence-corrected chi connectivity index (χ0v) is 14.4. The van der Waals surface area contributed by atoms with Crippen LogP contribution in [0.2, 0.25) is 0 Å². The van der Waals surface area contributed by atoms with Crippen molar-refractivity contribution in [2.45, 2.75) is 19.3 Å². The molecule has 130 valence electrons. The normalized spacial score (nSPS) is 21.3. The zero-order chi connectivity index (χ0) is 17.6. The number of likely N-dealkylation sites (tertiary alicyclic amines) is 1. The van der Waals surface area contributed by atoms with Crippen LogP contribution in [0.25, 0.3) is 10.4 Å². The van der Waals surface area contributed by atoms with E-state index < -0.39 is 5.97 Å². The van der Waals surface area contributed by atoms with E-state index in [-0.39, 0.29) is 23.1 Å². The Morgan fingerprint density at radius 3 is 2.40 bits per heavy atom. The molecule has 1 aromatic heterocycles. The number of amides is 1. The van der Waals surface area contributed by atoms with Crippen molar-refractivity contribution in [2.75, 3.05) is 13.1 Å². The van der Waals surface area contributed by atoms with Crippen molar-refractivity contribution < 1.29 is 19.1 Å². The molecular weight excluding hydrogens is 341 g/mol. The number of hydrogen-bond acceptors (Lipinski definition) is 3. The first-order chi connectivity index (χ1) is 12.0. The summed E-state index contributed by atoms with van der Waals surface area (Å²) in [6.07, 6.45) is 2.29. The van der Waals surface area contributed by atoms with Gasteiger partial charge in [0.1, 0.15) is 5.82 Å². The second-order valence-corrected chi connectivity index (χ2v) is 8.00. The smallest absolute Gasteiger partial charge is 0.307 e. The van der Waals surface area contributed by atoms with E-state index in [0.717, 1.165) is 29.7 Å². The molecule has 1 saturated carbocycles. The first kappa shape index (κ1) is 16.3. The van der Waals surface area contributed by atoms with E-state index in [1.807, 2.05) is 17.0 Å². The third-order valence-electron chi connectivity index (χ3n) is 5.48. The van der Waals surface area contributed by atoms with Gasteiger partial charge in [-0.1, -0.05) is 12.1 Å². The van der Waals surface area contributed by atoms with Crippen LogP contribution in [0, 0.1) is 17.2 Å². The van der Waals surface area contributed by atoms with Crippen LogP contribution in [-0.2, 0) is 4.79 Å². The van der Waals surface area contributed by atoms with Gasteiger partial charge in [0.05, 0.1) is 10.8 Å². The Bertz CT molecular complexity index is 821. The molecule has 1 aliphatic carbocycles. The summed E-state index contributed by atoms with van der Waals surface area (Å²) in [7, 11) is 0. The lowest BCUT2D eigenvalue weighted by molar-refractivity contribution is -0.139. The van der Waals surface area contributed by atoms with Gasteiger partial charge < -0.3 is 10.0 Å². The summed E-state index contributed by atoms with van der Waals surface area (Å²) >= 11 is 1.41. The van der Waals surface area contributed by atoms with Crippen LogP contribution >= 0.6 is 11.3 Å². The molecule has 1 saturated heterocycles. The Morgan fingerprint density at radius 2 is 1.80 bits per heavy atom. The fraction of sp³-hybridized carbons (Fsp3) is 0.368. The fourth-order valence-electron chi connectivity index (χ4n) is 3.78. The number of carbonyl (C=O) groups is 2. The Balaban J connectivity index is 1.42. The van der Waals surface area contributed by atoms with Gasteiger partial charge in [0.25, 0.3) is 5.91 Å². The van der Waals surface area contributed by atoms with Gasteiger partial charge in [-0.25, -0.2) is 4.39 Å². The molecule has 2 aromatic rings. The first-order valence-corrected chi connectivity index (χ1v) is 9.18. The number of carbonyl (C=O) groups excluding carboxylic acids is 1. The second-order valence-electron chi connectivity index (χ2n) is 6.92. The van der Waals surface area contributed by atoms with Gasteiger partial charge in [0.2, 0.25) is 0 Å². The Hall–Kier alpha value is -2.21. The Morgan fingerprint density at radius 1 is 1.12 bits per heavy atom. The van der Waals surface area contributed by atoms with Crippen molar-refractivity contribution in [3.8, 4) is 10.4 Å². The maximum atomic E-state index is 13.0. The summed E-state index contributed by atoms with van der Waals surface area (Å²) in [6, 6.07) is 9.94. The molecule has 1 atom stereocenters. The highest BCUT2D eigenvalue weighted by molar-refractivity contribution is 7.17. The third kappa shape index (κ3) is 2.95. The van der Waals surface area contributed by atoms with Crippen LogP contribution in [0.3, 0.4) is 0 Å². The van der Waals surface area contributed by atoms with E-state index in [9.17, 15) is 14.0 Å². The fourth-order valence-corrected chi connectivity index (χ4v) is 4.76. The molecule has 4 rings (SSSR count). The number of piperidine rings is 1. The van der Waals surface area contributed by atoms with Crippen molar-refractivity contribution in [1.82, 2.24) is 4.90 Å². The van der Waals surface area contributed by atoms with E-state index in [0.29, 0.717) is 18.0 Å². The molecule has 1 amide bonds. The van der Waals surface area contributed by atoms with Gasteiger partial charge in [0.15, 0.2) is 0 Å². The SMILES string of the molecule is O=C(O)C1CC12CCN(C(=O)c1ccc(-c3ccc(F)cc3)s1)CC2. The molecule has 6 heteroatoms. The average Bonchev–Trinajstić information content (AvgIpc) is 3.09. The first-order valence-electron chi connectivity index (χ1n) is 8.36. The molecule has 1 aromatic carbocycles. The summed E-state index contributed by atoms with van der Waals surface area (Å²) in [5, 5.41) is 9.15. The number of hydrogen-bond donors (Lipinski definition) is 1. The lowest BCUT2D eigenvalue weighted by Gasteiger charge is -2.32. The summed E-state index contributed by atoms with van der Waals surface area (Å²) in [5.74, 6) is -1.21. The predicted octanol–water partition coefficient (Wildman–Crippen LogP) is 3.88. The quantitative estimate of drug-likeness (QED) is 0.905. The van der Waals surface area contributed by atoms with Gasteiger partial charge in [-0.2, -0.15) is 0 Å². The van der Waals surface area contributed by atoms with Crippen LogP contribution in [-0.4, -0.2) is 35.0 Å². The highest BCUT2D eigenvalue weighted by Crippen LogP contribution is 2.59. The van der Waals surface area contributed by atoms with Crippen molar-refractivity contribution in [2.24, 2.45) is 11.3 Å². The van der Waals surface area contributed by atoms with Crippen molar-refractivity contribution >= 4 is 23.2 Å². The molecule has 4 nitrogen and oxygen atoms in total. The van der Waals surface area contributed by atoms with Gasteiger partial charge in [0, 0.05) is 18.0 Å². The van der Waals surface area contributed by atoms with E-state index in [4.69, 9.17) is 5.11 Å². The lowest BCUT2D eigenvalue weighted by atomic mass is 9.91. The maximum Gasteiger partial charge on any atom is 0.307 e. The standard InChI is InChI=1S/C19H18FNO3S/c20-13-3-1-12(2-4-13)15-5-6-16(25-15)17(22)21-9-7-19(8-10-21)11-14(19)18(23)24/h1-6,14H,7-11H2,(H,23,24). The summed E-state index contributed by atoms with van der Waals surface area (Å²) in [6.45, 7) is 1.23. The molecule has 25 heavy (non-hydrogen) atoms. The van der Waals surface area contributed by atoms with E-state index in [2.05, 4.69) is 0 Å². The predicted molar refractivity (Wildman–Crippen MR) is 93.0 cm³/mol. The largest absolute Gasteiger partial charge is 0.481 e. The minimum Gasteiger partial charge on any atom is -0.481 e. The van der Waals surface area contributed by atoms with Gasteiger partial charge in [-0.05, 0) is 54.5 Å². The molecule has 1 unspecified atom stereocenters. The average molecular weight is 359 g/mol. The maximum absolute atomic E-state index is 13.0. The number of aliphatic carboxylic acids is 1. The number of rotatable bonds is 3. The van der Waals surface area contributed by atoms with Crippen molar-refractivity contribution in [3.05, 3.63) is 47.1 Å². The summed E-state index contributed by atoms with van der Waals surface area (Å²) in [4.78, 5) is 27.3. The summed E-state index contributed by atoms with van der Waals surface area (Å²) in [5.41, 5.74) is 0.822. The minimum atomic E-state index is -0.707. The van der Waals surface area contributed by atoms with E-state index in [1.165, 1.54) is 23.5 Å². The molecule has 1 N–H and O–H groups in total. The molecule has 1 spiro atoms. The van der Waals surface area contributed by atoms with Crippen LogP contribution in [0.1, 0.15) is 28.9 Å². The molecule has 2 aliphatic rings. The Kier molecular flexibility index (Phi) is 3.87. The molecular formula is C19H18FNO3S. The minimum absolute atomic E-state index is 0.000682. The number of halogens is 1. The zero-order valence-electron chi connectivity index (χ0n) is 13.6. The number of thiophene rings is 1. The van der Waals surface area contributed by atoms with Crippen molar-refractivity contribution in [1.29, 1.82) is 0 Å². The van der Waals surface area contributed by atoms with E-state index >= 15 is 0 Å². The third-order valence-corrected chi connectivity index (χ3v) is 6.60. The molecule has 2 heterocycles. The number of carboxylic acids is 1. The molecule has 2 fully saturated rings.